The number of carbonyl (C=O) groups excluding carboxylic acids is 1. The van der Waals surface area contributed by atoms with Gasteiger partial charge >= 0.3 is 0 Å². The Balaban J connectivity index is 1.98. The van der Waals surface area contributed by atoms with Gasteiger partial charge in [-0.2, -0.15) is 0 Å². The highest BCUT2D eigenvalue weighted by atomic mass is 16.2. The van der Waals surface area contributed by atoms with Crippen LogP contribution in [0, 0.1) is 0 Å². The van der Waals surface area contributed by atoms with Gasteiger partial charge in [-0.05, 0) is 32.4 Å². The SMILES string of the molecule is CCNCC1CCCCN1C1CCN(C)C1=O. The topological polar surface area (TPSA) is 35.6 Å². The minimum atomic E-state index is 0.156. The van der Waals surface area contributed by atoms with Crippen molar-refractivity contribution in [2.24, 2.45) is 0 Å². The Kier molecular flexibility index (Phi) is 4.40. The number of carbonyl (C=O) groups is 1. The van der Waals surface area contributed by atoms with Crippen LogP contribution in [0.1, 0.15) is 32.6 Å². The number of hydrogen-bond acceptors (Lipinski definition) is 3. The third-order valence-corrected chi connectivity index (χ3v) is 4.10. The minimum Gasteiger partial charge on any atom is -0.344 e. The molecule has 2 rings (SSSR count). The summed E-state index contributed by atoms with van der Waals surface area (Å²) >= 11 is 0. The first-order valence-electron chi connectivity index (χ1n) is 6.95. The van der Waals surface area contributed by atoms with Crippen LogP contribution in [0.3, 0.4) is 0 Å². The first kappa shape index (κ1) is 12.8. The van der Waals surface area contributed by atoms with Crippen LogP contribution in [0.5, 0.6) is 0 Å². The highest BCUT2D eigenvalue weighted by Gasteiger charge is 2.37. The Hall–Kier alpha value is -0.610. The second-order valence-electron chi connectivity index (χ2n) is 5.26. The van der Waals surface area contributed by atoms with Gasteiger partial charge in [-0.1, -0.05) is 13.3 Å². The number of rotatable bonds is 4. The smallest absolute Gasteiger partial charge is 0.239 e. The molecule has 0 aromatic heterocycles. The van der Waals surface area contributed by atoms with Crippen molar-refractivity contribution in [3.63, 3.8) is 0 Å². The molecule has 0 aromatic carbocycles. The number of likely N-dealkylation sites (tertiary alicyclic amines) is 2. The molecular weight excluding hydrogens is 214 g/mol. The van der Waals surface area contributed by atoms with E-state index in [1.54, 1.807) is 0 Å². The van der Waals surface area contributed by atoms with E-state index < -0.39 is 0 Å². The first-order valence-corrected chi connectivity index (χ1v) is 6.95. The van der Waals surface area contributed by atoms with Gasteiger partial charge in [-0.15, -0.1) is 0 Å². The zero-order chi connectivity index (χ0) is 12.3. The van der Waals surface area contributed by atoms with E-state index in [4.69, 9.17) is 0 Å². The molecule has 0 aliphatic carbocycles. The van der Waals surface area contributed by atoms with Crippen LogP contribution in [0.4, 0.5) is 0 Å². The van der Waals surface area contributed by atoms with Crippen molar-refractivity contribution < 1.29 is 4.79 Å². The van der Waals surface area contributed by atoms with Gasteiger partial charge in [0.2, 0.25) is 5.91 Å². The molecule has 0 bridgehead atoms. The van der Waals surface area contributed by atoms with Gasteiger partial charge in [0.25, 0.3) is 0 Å². The molecule has 17 heavy (non-hydrogen) atoms. The number of likely N-dealkylation sites (N-methyl/N-ethyl adjacent to an activating group) is 2. The van der Waals surface area contributed by atoms with Crippen LogP contribution < -0.4 is 5.32 Å². The highest BCUT2D eigenvalue weighted by molar-refractivity contribution is 5.83. The maximum Gasteiger partial charge on any atom is 0.239 e. The Morgan fingerprint density at radius 2 is 2.12 bits per heavy atom. The maximum atomic E-state index is 12.1. The zero-order valence-electron chi connectivity index (χ0n) is 11.1. The molecule has 4 heteroatoms. The van der Waals surface area contributed by atoms with E-state index in [2.05, 4.69) is 17.1 Å². The van der Waals surface area contributed by atoms with E-state index in [-0.39, 0.29) is 6.04 Å². The van der Waals surface area contributed by atoms with Crippen molar-refractivity contribution in [1.29, 1.82) is 0 Å². The number of nitrogens with one attached hydrogen (secondary N) is 1. The Morgan fingerprint density at radius 1 is 1.29 bits per heavy atom. The molecule has 4 nitrogen and oxygen atoms in total. The maximum absolute atomic E-state index is 12.1. The predicted octanol–water partition coefficient (Wildman–Crippen LogP) is 0.681. The Bertz CT molecular complexity index is 269. The summed E-state index contributed by atoms with van der Waals surface area (Å²) in [6.07, 6.45) is 4.80. The van der Waals surface area contributed by atoms with E-state index in [0.717, 1.165) is 32.6 Å². The highest BCUT2D eigenvalue weighted by Crippen LogP contribution is 2.24. The predicted molar refractivity (Wildman–Crippen MR) is 68.9 cm³/mol. The molecule has 1 amide bonds. The molecule has 2 heterocycles. The third-order valence-electron chi connectivity index (χ3n) is 4.10. The van der Waals surface area contributed by atoms with Crippen LogP contribution in [0.2, 0.25) is 0 Å². The summed E-state index contributed by atoms with van der Waals surface area (Å²) in [6, 6.07) is 0.716. The first-order chi connectivity index (χ1) is 8.24. The quantitative estimate of drug-likeness (QED) is 0.784. The van der Waals surface area contributed by atoms with Gasteiger partial charge in [-0.3, -0.25) is 9.69 Å². The molecule has 2 aliphatic heterocycles. The van der Waals surface area contributed by atoms with Gasteiger partial charge < -0.3 is 10.2 Å². The average molecular weight is 239 g/mol. The zero-order valence-corrected chi connectivity index (χ0v) is 11.1. The summed E-state index contributed by atoms with van der Waals surface area (Å²) in [7, 11) is 1.92. The number of hydrogen-bond donors (Lipinski definition) is 1. The standard InChI is InChI=1S/C13H25N3O/c1-3-14-10-11-6-4-5-8-16(11)12-7-9-15(2)13(12)17/h11-12,14H,3-10H2,1-2H3. The summed E-state index contributed by atoms with van der Waals surface area (Å²) < 4.78 is 0. The molecule has 1 N–H and O–H groups in total. The molecule has 0 radical (unpaired) electrons. The van der Waals surface area contributed by atoms with Crippen LogP contribution in [-0.2, 0) is 4.79 Å². The second-order valence-corrected chi connectivity index (χ2v) is 5.26. The monoisotopic (exact) mass is 239 g/mol. The van der Waals surface area contributed by atoms with Crippen LogP contribution in [-0.4, -0.2) is 61.0 Å². The molecule has 2 fully saturated rings. The summed E-state index contributed by atoms with van der Waals surface area (Å²) in [4.78, 5) is 16.4. The van der Waals surface area contributed by atoms with E-state index >= 15 is 0 Å². The Morgan fingerprint density at radius 3 is 2.76 bits per heavy atom. The summed E-state index contributed by atoms with van der Waals surface area (Å²) in [5.74, 6) is 0.327. The van der Waals surface area contributed by atoms with Crippen molar-refractivity contribution >= 4 is 5.91 Å². The van der Waals surface area contributed by atoms with Crippen molar-refractivity contribution in [3.8, 4) is 0 Å². The fourth-order valence-corrected chi connectivity index (χ4v) is 3.07. The molecule has 0 aromatic rings. The van der Waals surface area contributed by atoms with Crippen LogP contribution >= 0.6 is 0 Å². The van der Waals surface area contributed by atoms with Gasteiger partial charge in [0.05, 0.1) is 6.04 Å². The number of nitrogens with zero attached hydrogens (tertiary/aromatic N) is 2. The summed E-state index contributed by atoms with van der Waals surface area (Å²) in [6.45, 7) is 6.21. The van der Waals surface area contributed by atoms with Crippen molar-refractivity contribution in [3.05, 3.63) is 0 Å². The lowest BCUT2D eigenvalue weighted by molar-refractivity contribution is -0.132. The van der Waals surface area contributed by atoms with E-state index in [1.807, 2.05) is 11.9 Å². The molecular formula is C13H25N3O. The lowest BCUT2D eigenvalue weighted by Gasteiger charge is -2.39. The van der Waals surface area contributed by atoms with Crippen LogP contribution in [0.25, 0.3) is 0 Å². The largest absolute Gasteiger partial charge is 0.344 e. The third kappa shape index (κ3) is 2.80. The molecule has 0 spiro atoms. The van der Waals surface area contributed by atoms with Gasteiger partial charge in [0.1, 0.15) is 0 Å². The summed E-state index contributed by atoms with van der Waals surface area (Å²) in [5, 5.41) is 3.43. The molecule has 2 atom stereocenters. The minimum absolute atomic E-state index is 0.156. The van der Waals surface area contributed by atoms with Crippen molar-refractivity contribution in [2.75, 3.05) is 33.2 Å². The molecule has 98 valence electrons. The van der Waals surface area contributed by atoms with E-state index in [0.29, 0.717) is 11.9 Å². The molecule has 2 saturated heterocycles. The molecule has 2 unspecified atom stereocenters. The summed E-state index contributed by atoms with van der Waals surface area (Å²) in [5.41, 5.74) is 0. The normalized spacial score (nSPS) is 31.2. The van der Waals surface area contributed by atoms with Gasteiger partial charge in [0.15, 0.2) is 0 Å². The lowest BCUT2D eigenvalue weighted by Crippen LogP contribution is -2.52. The average Bonchev–Trinajstić information content (AvgIpc) is 2.68. The number of piperidine rings is 1. The Labute approximate surface area is 104 Å². The van der Waals surface area contributed by atoms with Gasteiger partial charge in [0, 0.05) is 26.2 Å². The van der Waals surface area contributed by atoms with Crippen molar-refractivity contribution in [2.45, 2.75) is 44.7 Å². The number of amides is 1. The van der Waals surface area contributed by atoms with E-state index in [9.17, 15) is 4.79 Å². The van der Waals surface area contributed by atoms with Crippen molar-refractivity contribution in [1.82, 2.24) is 15.1 Å². The molecule has 0 saturated carbocycles. The lowest BCUT2D eigenvalue weighted by atomic mass is 9.99. The fourth-order valence-electron chi connectivity index (χ4n) is 3.07. The van der Waals surface area contributed by atoms with E-state index in [1.165, 1.54) is 19.3 Å². The molecule has 2 aliphatic rings. The van der Waals surface area contributed by atoms with Gasteiger partial charge in [-0.25, -0.2) is 0 Å². The fraction of sp³-hybridized carbons (Fsp3) is 0.923. The second kappa shape index (κ2) is 5.83. The van der Waals surface area contributed by atoms with Crippen LogP contribution in [0.15, 0.2) is 0 Å².